The van der Waals surface area contributed by atoms with Crippen molar-refractivity contribution in [3.8, 4) is 0 Å². The molecule has 1 aliphatic rings. The summed E-state index contributed by atoms with van der Waals surface area (Å²) in [6.45, 7) is 1.88. The van der Waals surface area contributed by atoms with Crippen molar-refractivity contribution in [3.05, 3.63) is 53.6 Å². The molecule has 35 heavy (non-hydrogen) atoms. The minimum Gasteiger partial charge on any atom is -0.312 e. The van der Waals surface area contributed by atoms with Gasteiger partial charge in [0.1, 0.15) is 11.4 Å². The van der Waals surface area contributed by atoms with Gasteiger partial charge in [-0.25, -0.2) is 14.2 Å². The third-order valence-corrected chi connectivity index (χ3v) is 5.25. The first-order valence-electron chi connectivity index (χ1n) is 10.4. The van der Waals surface area contributed by atoms with E-state index in [1.54, 1.807) is 0 Å². The first-order chi connectivity index (χ1) is 16.0. The molecule has 13 heteroatoms. The van der Waals surface area contributed by atoms with Crippen molar-refractivity contribution < 1.29 is 40.3 Å². The largest absolute Gasteiger partial charge is 0.433 e. The summed E-state index contributed by atoms with van der Waals surface area (Å²) in [6.07, 6.45) is -8.21. The van der Waals surface area contributed by atoms with Gasteiger partial charge < -0.3 is 4.90 Å². The summed E-state index contributed by atoms with van der Waals surface area (Å²) in [6, 6.07) is 1.65. The number of Topliss-reactive ketones (excluding diaryl/α,β-unsaturated/α-hetero) is 1. The molecule has 1 aliphatic heterocycles. The van der Waals surface area contributed by atoms with Crippen LogP contribution < -0.4 is 4.90 Å². The molecule has 0 radical (unpaired) electrons. The van der Waals surface area contributed by atoms with Gasteiger partial charge >= 0.3 is 18.4 Å². The number of amides is 2. The van der Waals surface area contributed by atoms with Crippen LogP contribution in [0.25, 0.3) is 0 Å². The van der Waals surface area contributed by atoms with Crippen LogP contribution in [0.4, 0.5) is 41.2 Å². The molecule has 0 saturated carbocycles. The molecule has 0 N–H and O–H groups in total. The summed E-state index contributed by atoms with van der Waals surface area (Å²) in [5.74, 6) is -0.640. The molecule has 1 atom stereocenters. The SMILES string of the molecule is CC(C)(F)C[C@H]1CN(c2ccc(C(F)(F)F)nc2)C(=O)N1CC(=O)Cc1cc(C(F)(F)F)ccn1. The summed E-state index contributed by atoms with van der Waals surface area (Å²) < 4.78 is 91.5. The zero-order valence-electron chi connectivity index (χ0n) is 18.6. The van der Waals surface area contributed by atoms with E-state index in [1.165, 1.54) is 13.8 Å². The van der Waals surface area contributed by atoms with E-state index in [0.717, 1.165) is 40.4 Å². The van der Waals surface area contributed by atoms with E-state index in [4.69, 9.17) is 0 Å². The maximum atomic E-state index is 14.4. The third kappa shape index (κ3) is 6.67. The third-order valence-electron chi connectivity index (χ3n) is 5.25. The lowest BCUT2D eigenvalue weighted by atomic mass is 10.00. The van der Waals surface area contributed by atoms with E-state index >= 15 is 0 Å². The molecule has 190 valence electrons. The predicted molar refractivity (Wildman–Crippen MR) is 110 cm³/mol. The molecule has 0 aromatic carbocycles. The van der Waals surface area contributed by atoms with Gasteiger partial charge in [-0.2, -0.15) is 26.3 Å². The van der Waals surface area contributed by atoms with Crippen molar-refractivity contribution >= 4 is 17.5 Å². The molecule has 0 spiro atoms. The van der Waals surface area contributed by atoms with Gasteiger partial charge in [-0.1, -0.05) is 0 Å². The number of ketones is 1. The minimum atomic E-state index is -4.68. The highest BCUT2D eigenvalue weighted by Gasteiger charge is 2.42. The molecular weight excluding hydrogens is 485 g/mol. The van der Waals surface area contributed by atoms with Gasteiger partial charge in [0.25, 0.3) is 0 Å². The van der Waals surface area contributed by atoms with Crippen LogP contribution in [0.5, 0.6) is 0 Å². The summed E-state index contributed by atoms with van der Waals surface area (Å²) >= 11 is 0. The molecule has 1 fully saturated rings. The lowest BCUT2D eigenvalue weighted by Crippen LogP contribution is -2.41. The van der Waals surface area contributed by atoms with Crippen LogP contribution in [-0.2, 0) is 23.6 Å². The second-order valence-electron chi connectivity index (χ2n) is 8.75. The lowest BCUT2D eigenvalue weighted by molar-refractivity contribution is -0.141. The average molecular weight is 506 g/mol. The van der Waals surface area contributed by atoms with Crippen LogP contribution >= 0.6 is 0 Å². The molecule has 1 saturated heterocycles. The van der Waals surface area contributed by atoms with Crippen molar-refractivity contribution in [2.24, 2.45) is 0 Å². The number of carbonyl (C=O) groups excluding carboxylic acids is 2. The Labute approximate surface area is 195 Å². The van der Waals surface area contributed by atoms with E-state index in [9.17, 15) is 40.3 Å². The Bertz CT molecular complexity index is 1080. The molecule has 2 aromatic rings. The van der Waals surface area contributed by atoms with Gasteiger partial charge in [0.15, 0.2) is 5.78 Å². The highest BCUT2D eigenvalue weighted by atomic mass is 19.4. The summed E-state index contributed by atoms with van der Waals surface area (Å²) in [5.41, 5.74) is -4.01. The first kappa shape index (κ1) is 26.4. The van der Waals surface area contributed by atoms with Crippen LogP contribution in [0.1, 0.15) is 37.2 Å². The van der Waals surface area contributed by atoms with Crippen LogP contribution in [0.3, 0.4) is 0 Å². The van der Waals surface area contributed by atoms with Crippen LogP contribution in [-0.4, -0.2) is 51.5 Å². The second-order valence-corrected chi connectivity index (χ2v) is 8.75. The number of halogens is 7. The number of hydrogen-bond acceptors (Lipinski definition) is 4. The average Bonchev–Trinajstić information content (AvgIpc) is 3.01. The van der Waals surface area contributed by atoms with Gasteiger partial charge in [0.05, 0.1) is 36.5 Å². The number of rotatable bonds is 7. The predicted octanol–water partition coefficient (Wildman–Crippen LogP) is 5.07. The number of aromatic nitrogens is 2. The van der Waals surface area contributed by atoms with Gasteiger partial charge in [0, 0.05) is 24.9 Å². The minimum absolute atomic E-state index is 0.0270. The summed E-state index contributed by atoms with van der Waals surface area (Å²) in [7, 11) is 0. The van der Waals surface area contributed by atoms with Gasteiger partial charge in [-0.05, 0) is 38.1 Å². The number of carbonyl (C=O) groups is 2. The van der Waals surface area contributed by atoms with Crippen molar-refractivity contribution in [2.45, 2.75) is 50.8 Å². The molecule has 6 nitrogen and oxygen atoms in total. The van der Waals surface area contributed by atoms with Gasteiger partial charge in [-0.3, -0.25) is 14.7 Å². The van der Waals surface area contributed by atoms with Gasteiger partial charge in [0.2, 0.25) is 0 Å². The second kappa shape index (κ2) is 9.42. The number of anilines is 1. The molecule has 0 bridgehead atoms. The maximum absolute atomic E-state index is 14.4. The molecule has 3 heterocycles. The Morgan fingerprint density at radius 3 is 2.26 bits per heavy atom. The molecule has 2 aromatic heterocycles. The smallest absolute Gasteiger partial charge is 0.312 e. The molecule has 0 unspecified atom stereocenters. The fraction of sp³-hybridized carbons (Fsp3) is 0.455. The standard InChI is InChI=1S/C22H21F7N4O2/c1-20(2,23)9-16-11-32(15-3-4-18(31-10-15)22(27,28)29)19(35)33(16)12-17(34)8-14-7-13(5-6-30-14)21(24,25)26/h3-7,10,16H,8-9,11-12H2,1-2H3/t16-/m0/s1. The van der Waals surface area contributed by atoms with E-state index in [2.05, 4.69) is 9.97 Å². The molecule has 2 amide bonds. The van der Waals surface area contributed by atoms with Crippen molar-refractivity contribution in [1.29, 1.82) is 0 Å². The van der Waals surface area contributed by atoms with Crippen LogP contribution in [0.2, 0.25) is 0 Å². The highest BCUT2D eigenvalue weighted by molar-refractivity contribution is 5.97. The van der Waals surface area contributed by atoms with E-state index in [-0.39, 0.29) is 24.3 Å². The number of hydrogen-bond donors (Lipinski definition) is 0. The number of nitrogens with zero attached hydrogens (tertiary/aromatic N) is 4. The monoisotopic (exact) mass is 506 g/mol. The summed E-state index contributed by atoms with van der Waals surface area (Å²) in [5, 5.41) is 0. The summed E-state index contributed by atoms with van der Waals surface area (Å²) in [4.78, 5) is 34.9. The molecule has 0 aliphatic carbocycles. The maximum Gasteiger partial charge on any atom is 0.433 e. The van der Waals surface area contributed by atoms with E-state index < -0.39 is 60.1 Å². The Kier molecular flexibility index (Phi) is 7.09. The Morgan fingerprint density at radius 2 is 1.71 bits per heavy atom. The topological polar surface area (TPSA) is 66.4 Å². The molecular formula is C22H21F7N4O2. The Balaban J connectivity index is 1.79. The normalized spacial score (nSPS) is 17.3. The quantitative estimate of drug-likeness (QED) is 0.492. The fourth-order valence-corrected chi connectivity index (χ4v) is 3.76. The molecule has 3 rings (SSSR count). The number of alkyl halides is 7. The zero-order chi connectivity index (χ0) is 26.2. The number of pyridine rings is 2. The Hall–Kier alpha value is -3.25. The Morgan fingerprint density at radius 1 is 1.03 bits per heavy atom. The highest BCUT2D eigenvalue weighted by Crippen LogP contribution is 2.32. The number of urea groups is 1. The van der Waals surface area contributed by atoms with Crippen LogP contribution in [0.15, 0.2) is 36.7 Å². The lowest BCUT2D eigenvalue weighted by Gasteiger charge is -2.26. The van der Waals surface area contributed by atoms with E-state index in [0.29, 0.717) is 6.07 Å². The first-order valence-corrected chi connectivity index (χ1v) is 10.4. The fourth-order valence-electron chi connectivity index (χ4n) is 3.76. The van der Waals surface area contributed by atoms with Crippen LogP contribution in [0, 0.1) is 0 Å². The zero-order valence-corrected chi connectivity index (χ0v) is 18.6. The van der Waals surface area contributed by atoms with E-state index in [1.807, 2.05) is 0 Å². The van der Waals surface area contributed by atoms with Crippen molar-refractivity contribution in [2.75, 3.05) is 18.0 Å². The van der Waals surface area contributed by atoms with Gasteiger partial charge in [-0.15, -0.1) is 0 Å². The van der Waals surface area contributed by atoms with Crippen molar-refractivity contribution in [3.63, 3.8) is 0 Å². The van der Waals surface area contributed by atoms with Crippen molar-refractivity contribution in [1.82, 2.24) is 14.9 Å².